The number of allylic oxidation sites excluding steroid dienone is 2. The van der Waals surface area contributed by atoms with Gasteiger partial charge in [-0.25, -0.2) is 8.42 Å². The van der Waals surface area contributed by atoms with Gasteiger partial charge < -0.3 is 9.64 Å². The zero-order valence-electron chi connectivity index (χ0n) is 7.97. The highest BCUT2D eigenvalue weighted by Crippen LogP contribution is 2.26. The van der Waals surface area contributed by atoms with Crippen LogP contribution in [0.25, 0.3) is 0 Å². The fourth-order valence-corrected chi connectivity index (χ4v) is 2.28. The van der Waals surface area contributed by atoms with Crippen molar-refractivity contribution in [3.63, 3.8) is 0 Å². The van der Waals surface area contributed by atoms with Crippen molar-refractivity contribution < 1.29 is 13.2 Å². The molecule has 2 rings (SSSR count). The van der Waals surface area contributed by atoms with E-state index in [0.717, 1.165) is 12.2 Å². The van der Waals surface area contributed by atoms with Gasteiger partial charge in [0.15, 0.2) is 10.7 Å². The summed E-state index contributed by atoms with van der Waals surface area (Å²) in [6.45, 7) is 1.54. The maximum Gasteiger partial charge on any atom is 0.164 e. The molecule has 1 aliphatic carbocycles. The van der Waals surface area contributed by atoms with E-state index in [4.69, 9.17) is 4.74 Å². The molecule has 14 heavy (non-hydrogen) atoms. The van der Waals surface area contributed by atoms with Crippen LogP contribution in [0.4, 0.5) is 0 Å². The lowest BCUT2D eigenvalue weighted by Gasteiger charge is -2.36. The Bertz CT molecular complexity index is 362. The zero-order valence-corrected chi connectivity index (χ0v) is 8.87. The molecule has 0 spiro atoms. The summed E-state index contributed by atoms with van der Waals surface area (Å²) in [6.07, 6.45) is 3.92. The van der Waals surface area contributed by atoms with Gasteiger partial charge in [-0.15, -0.1) is 0 Å². The lowest BCUT2D eigenvalue weighted by atomic mass is 10.1. The Morgan fingerprint density at radius 2 is 2.29 bits per heavy atom. The minimum absolute atomic E-state index is 0.0679. The molecular formula is C9H13NO3S. The lowest BCUT2D eigenvalue weighted by molar-refractivity contribution is 0.0156. The first kappa shape index (κ1) is 9.73. The van der Waals surface area contributed by atoms with E-state index in [2.05, 4.69) is 4.90 Å². The smallest absolute Gasteiger partial charge is 0.164 e. The van der Waals surface area contributed by atoms with E-state index in [9.17, 15) is 8.42 Å². The quantitative estimate of drug-likeness (QED) is 0.630. The first-order valence-corrected chi connectivity index (χ1v) is 5.74. The third-order valence-corrected chi connectivity index (χ3v) is 3.39. The van der Waals surface area contributed by atoms with Crippen molar-refractivity contribution in [1.82, 2.24) is 4.90 Å². The number of thiol groups is 1. The van der Waals surface area contributed by atoms with Crippen LogP contribution in [0, 0.1) is 0 Å². The molecule has 4 nitrogen and oxygen atoms in total. The zero-order chi connectivity index (χ0) is 10.1. The van der Waals surface area contributed by atoms with Gasteiger partial charge in [0.25, 0.3) is 0 Å². The molecule has 0 bridgehead atoms. The minimum Gasteiger partial charge on any atom is -0.373 e. The molecule has 1 heterocycles. The van der Waals surface area contributed by atoms with Gasteiger partial charge in [-0.1, -0.05) is 0 Å². The van der Waals surface area contributed by atoms with Gasteiger partial charge in [0.05, 0.1) is 6.61 Å². The van der Waals surface area contributed by atoms with Crippen LogP contribution in [-0.4, -0.2) is 39.6 Å². The summed E-state index contributed by atoms with van der Waals surface area (Å²) >= 11 is 0. The van der Waals surface area contributed by atoms with Crippen molar-refractivity contribution in [2.75, 3.05) is 20.2 Å². The molecule has 2 aliphatic rings. The molecule has 0 saturated carbocycles. The van der Waals surface area contributed by atoms with Crippen LogP contribution in [0.15, 0.2) is 22.8 Å². The molecule has 1 saturated heterocycles. The second-order valence-electron chi connectivity index (χ2n) is 3.49. The van der Waals surface area contributed by atoms with Crippen LogP contribution in [0.3, 0.4) is 0 Å². The summed E-state index contributed by atoms with van der Waals surface area (Å²) in [5, 5.41) is 0. The standard InChI is InChI=1S/C9H13NO3S/c1-10-4-5-13-9-6-7(14(11)12)2-3-8(9)10/h2-3,9,14H,4-6H2,1H3. The topological polar surface area (TPSA) is 46.6 Å². The highest BCUT2D eigenvalue weighted by Gasteiger charge is 2.27. The van der Waals surface area contributed by atoms with Crippen molar-refractivity contribution in [2.45, 2.75) is 12.5 Å². The molecule has 5 heteroatoms. The summed E-state index contributed by atoms with van der Waals surface area (Å²) < 4.78 is 27.1. The van der Waals surface area contributed by atoms with Crippen LogP contribution in [-0.2, 0) is 15.4 Å². The number of hydrogen-bond acceptors (Lipinski definition) is 4. The van der Waals surface area contributed by atoms with Crippen LogP contribution >= 0.6 is 0 Å². The third-order valence-electron chi connectivity index (χ3n) is 2.59. The molecule has 78 valence electrons. The number of likely N-dealkylation sites (N-methyl/N-ethyl adjacent to an activating group) is 1. The minimum atomic E-state index is -2.45. The Morgan fingerprint density at radius 3 is 3.00 bits per heavy atom. The van der Waals surface area contributed by atoms with E-state index in [1.807, 2.05) is 13.1 Å². The van der Waals surface area contributed by atoms with E-state index in [1.165, 1.54) is 0 Å². The largest absolute Gasteiger partial charge is 0.373 e. The van der Waals surface area contributed by atoms with E-state index >= 15 is 0 Å². The summed E-state index contributed by atoms with van der Waals surface area (Å²) in [4.78, 5) is 2.57. The Morgan fingerprint density at radius 1 is 1.50 bits per heavy atom. The Kier molecular flexibility index (Phi) is 2.60. The van der Waals surface area contributed by atoms with Crippen molar-refractivity contribution in [3.05, 3.63) is 22.8 Å². The van der Waals surface area contributed by atoms with Crippen molar-refractivity contribution in [2.24, 2.45) is 0 Å². The fourth-order valence-electron chi connectivity index (χ4n) is 1.77. The first-order chi connectivity index (χ1) is 6.68. The Balaban J connectivity index is 2.27. The molecule has 0 aromatic rings. The normalized spacial score (nSPS) is 27.0. The Labute approximate surface area is 84.8 Å². The van der Waals surface area contributed by atoms with Crippen LogP contribution in [0.1, 0.15) is 6.42 Å². The molecule has 0 amide bonds. The second kappa shape index (κ2) is 3.74. The molecule has 0 N–H and O–H groups in total. The van der Waals surface area contributed by atoms with Crippen molar-refractivity contribution in [1.29, 1.82) is 0 Å². The highest BCUT2D eigenvalue weighted by atomic mass is 32.2. The molecule has 1 aliphatic heterocycles. The average molecular weight is 215 g/mol. The number of hydrogen-bond donors (Lipinski definition) is 1. The summed E-state index contributed by atoms with van der Waals surface area (Å²) in [6, 6.07) is 0. The van der Waals surface area contributed by atoms with Gasteiger partial charge in [-0.2, -0.15) is 0 Å². The monoisotopic (exact) mass is 215 g/mol. The summed E-state index contributed by atoms with van der Waals surface area (Å²) in [5.74, 6) is 0. The van der Waals surface area contributed by atoms with Gasteiger partial charge in [0, 0.05) is 30.6 Å². The van der Waals surface area contributed by atoms with Crippen LogP contribution in [0.2, 0.25) is 0 Å². The number of fused-ring (bicyclic) bond motifs is 1. The Hall–Kier alpha value is -0.810. The predicted molar refractivity (Wildman–Crippen MR) is 53.5 cm³/mol. The fraction of sp³-hybridized carbons (Fsp3) is 0.556. The molecular weight excluding hydrogens is 202 g/mol. The predicted octanol–water partition coefficient (Wildman–Crippen LogP) is 0.0999. The van der Waals surface area contributed by atoms with Crippen molar-refractivity contribution in [3.8, 4) is 0 Å². The van der Waals surface area contributed by atoms with Crippen LogP contribution < -0.4 is 0 Å². The summed E-state index contributed by atoms with van der Waals surface area (Å²) in [7, 11) is -0.450. The SMILES string of the molecule is CN1CCOC2CC([SH](=O)=O)=CC=C21. The van der Waals surface area contributed by atoms with E-state index in [1.54, 1.807) is 6.08 Å². The van der Waals surface area contributed by atoms with Gasteiger partial charge in [-0.3, -0.25) is 0 Å². The number of morpholine rings is 1. The summed E-state index contributed by atoms with van der Waals surface area (Å²) in [5.41, 5.74) is 1.08. The maximum atomic E-state index is 10.8. The molecule has 1 atom stereocenters. The average Bonchev–Trinajstić information content (AvgIpc) is 2.17. The van der Waals surface area contributed by atoms with Gasteiger partial charge in [0.2, 0.25) is 0 Å². The highest BCUT2D eigenvalue weighted by molar-refractivity contribution is 7.76. The van der Waals surface area contributed by atoms with Gasteiger partial charge >= 0.3 is 0 Å². The van der Waals surface area contributed by atoms with Gasteiger partial charge in [-0.05, 0) is 12.2 Å². The van der Waals surface area contributed by atoms with E-state index in [0.29, 0.717) is 17.9 Å². The van der Waals surface area contributed by atoms with E-state index < -0.39 is 10.7 Å². The molecule has 0 radical (unpaired) electrons. The van der Waals surface area contributed by atoms with E-state index in [-0.39, 0.29) is 6.10 Å². The second-order valence-corrected chi connectivity index (χ2v) is 4.58. The van der Waals surface area contributed by atoms with Gasteiger partial charge in [0.1, 0.15) is 6.10 Å². The maximum absolute atomic E-state index is 10.8. The number of ether oxygens (including phenoxy) is 1. The third kappa shape index (κ3) is 1.69. The molecule has 1 fully saturated rings. The van der Waals surface area contributed by atoms with Crippen LogP contribution in [0.5, 0.6) is 0 Å². The van der Waals surface area contributed by atoms with Crippen molar-refractivity contribution >= 4 is 10.7 Å². The number of nitrogens with zero attached hydrogens (tertiary/aromatic N) is 1. The number of rotatable bonds is 1. The molecule has 0 aromatic carbocycles. The molecule has 0 aromatic heterocycles. The molecule has 1 unspecified atom stereocenters. The lowest BCUT2D eigenvalue weighted by Crippen LogP contribution is -2.39. The first-order valence-electron chi connectivity index (χ1n) is 4.56.